The molecule has 3 rings (SSSR count). The third-order valence-corrected chi connectivity index (χ3v) is 4.75. The molecule has 19 heavy (non-hydrogen) atoms. The lowest BCUT2D eigenvalue weighted by molar-refractivity contribution is 0.516. The van der Waals surface area contributed by atoms with E-state index in [0.29, 0.717) is 0 Å². The quantitative estimate of drug-likeness (QED) is 0.746. The highest BCUT2D eigenvalue weighted by atomic mass is 32.2. The summed E-state index contributed by atoms with van der Waals surface area (Å²) in [7, 11) is 0. The summed E-state index contributed by atoms with van der Waals surface area (Å²) in [6, 6.07) is 9.79. The summed E-state index contributed by atoms with van der Waals surface area (Å²) in [4.78, 5) is 4.30. The van der Waals surface area contributed by atoms with Crippen LogP contribution < -0.4 is 5.73 Å². The molecule has 98 valence electrons. The van der Waals surface area contributed by atoms with E-state index >= 15 is 0 Å². The van der Waals surface area contributed by atoms with Crippen LogP contribution in [0, 0.1) is 6.92 Å². The van der Waals surface area contributed by atoms with E-state index in [0.717, 1.165) is 32.6 Å². The minimum Gasteiger partial charge on any atom is -0.459 e. The lowest BCUT2D eigenvalue weighted by Gasteiger charge is -2.05. The highest BCUT2D eigenvalue weighted by Crippen LogP contribution is 2.28. The summed E-state index contributed by atoms with van der Waals surface area (Å²) in [5.74, 6) is 2.36. The fourth-order valence-electron chi connectivity index (χ4n) is 1.77. The normalized spacial score (nSPS) is 12.9. The van der Waals surface area contributed by atoms with Gasteiger partial charge < -0.3 is 10.2 Å². The van der Waals surface area contributed by atoms with Crippen molar-refractivity contribution in [3.63, 3.8) is 0 Å². The Bertz CT molecular complexity index is 659. The fraction of sp³-hybridized carbons (Fsp3) is 0.231. The molecule has 1 aromatic carbocycles. The van der Waals surface area contributed by atoms with Gasteiger partial charge in [0.1, 0.15) is 17.2 Å². The van der Waals surface area contributed by atoms with Crippen LogP contribution in [0.1, 0.15) is 17.6 Å². The lowest BCUT2D eigenvalue weighted by atomic mass is 10.2. The smallest absolute Gasteiger partial charge is 0.170 e. The van der Waals surface area contributed by atoms with Crippen LogP contribution >= 0.6 is 23.3 Å². The van der Waals surface area contributed by atoms with Gasteiger partial charge >= 0.3 is 0 Å². The second kappa shape index (κ2) is 5.32. The molecule has 4 nitrogen and oxygen atoms in total. The van der Waals surface area contributed by atoms with Gasteiger partial charge in [0, 0.05) is 11.1 Å². The maximum Gasteiger partial charge on any atom is 0.170 e. The first-order valence-corrected chi connectivity index (χ1v) is 7.65. The standard InChI is InChI=1S/C13H13N3OS2/c1-8-15-13(19-16-8)18-7-10(14)12-6-9-4-2-3-5-11(9)17-12/h2-6,10H,7,14H2,1H3. The molecule has 0 aliphatic carbocycles. The molecule has 3 aromatic rings. The SMILES string of the molecule is Cc1nsc(SCC(N)c2cc3ccccc3o2)n1. The van der Waals surface area contributed by atoms with Crippen LogP contribution in [0.5, 0.6) is 0 Å². The Morgan fingerprint density at radius 2 is 2.26 bits per heavy atom. The van der Waals surface area contributed by atoms with Crippen molar-refractivity contribution in [2.45, 2.75) is 17.3 Å². The van der Waals surface area contributed by atoms with Crippen molar-refractivity contribution in [3.05, 3.63) is 41.9 Å². The molecule has 0 saturated heterocycles. The van der Waals surface area contributed by atoms with Crippen molar-refractivity contribution < 1.29 is 4.42 Å². The Morgan fingerprint density at radius 3 is 3.00 bits per heavy atom. The summed E-state index contributed by atoms with van der Waals surface area (Å²) >= 11 is 3.02. The average Bonchev–Trinajstić information content (AvgIpc) is 3.01. The van der Waals surface area contributed by atoms with Gasteiger partial charge in [-0.25, -0.2) is 4.98 Å². The van der Waals surface area contributed by atoms with E-state index in [-0.39, 0.29) is 6.04 Å². The number of furan rings is 1. The summed E-state index contributed by atoms with van der Waals surface area (Å²) in [5.41, 5.74) is 7.03. The molecule has 0 spiro atoms. The van der Waals surface area contributed by atoms with Crippen LogP contribution in [0.25, 0.3) is 11.0 Å². The van der Waals surface area contributed by atoms with Crippen molar-refractivity contribution in [1.82, 2.24) is 9.36 Å². The minimum absolute atomic E-state index is 0.137. The number of benzene rings is 1. The van der Waals surface area contributed by atoms with Crippen LogP contribution in [0.3, 0.4) is 0 Å². The summed E-state index contributed by atoms with van der Waals surface area (Å²) in [6.07, 6.45) is 0. The Hall–Kier alpha value is -1.37. The first-order valence-electron chi connectivity index (χ1n) is 5.89. The molecule has 0 radical (unpaired) electrons. The van der Waals surface area contributed by atoms with Crippen LogP contribution in [0.4, 0.5) is 0 Å². The summed E-state index contributed by atoms with van der Waals surface area (Å²) < 4.78 is 10.8. The van der Waals surface area contributed by atoms with Crippen molar-refractivity contribution >= 4 is 34.3 Å². The predicted octanol–water partition coefficient (Wildman–Crippen LogP) is 3.38. The number of nitrogens with two attached hydrogens (primary N) is 1. The number of hydrogen-bond donors (Lipinski definition) is 1. The second-order valence-electron chi connectivity index (χ2n) is 4.21. The van der Waals surface area contributed by atoms with Gasteiger partial charge in [0.15, 0.2) is 4.34 Å². The molecule has 2 aromatic heterocycles. The molecule has 1 atom stereocenters. The van der Waals surface area contributed by atoms with E-state index in [9.17, 15) is 0 Å². The lowest BCUT2D eigenvalue weighted by Crippen LogP contribution is -2.11. The third kappa shape index (κ3) is 2.80. The zero-order valence-electron chi connectivity index (χ0n) is 10.4. The number of rotatable bonds is 4. The molecular formula is C13H13N3OS2. The predicted molar refractivity (Wildman–Crippen MR) is 78.5 cm³/mol. The third-order valence-electron chi connectivity index (χ3n) is 2.71. The molecule has 0 aliphatic heterocycles. The van der Waals surface area contributed by atoms with Crippen LogP contribution in [0.2, 0.25) is 0 Å². The zero-order chi connectivity index (χ0) is 13.2. The van der Waals surface area contributed by atoms with Gasteiger partial charge in [-0.2, -0.15) is 4.37 Å². The highest BCUT2D eigenvalue weighted by molar-refractivity contribution is 8.00. The maximum absolute atomic E-state index is 6.16. The van der Waals surface area contributed by atoms with Crippen LogP contribution in [0.15, 0.2) is 39.1 Å². The van der Waals surface area contributed by atoms with E-state index in [1.165, 1.54) is 11.5 Å². The van der Waals surface area contributed by atoms with Gasteiger partial charge in [-0.3, -0.25) is 0 Å². The van der Waals surface area contributed by atoms with E-state index in [4.69, 9.17) is 10.2 Å². The van der Waals surface area contributed by atoms with Crippen LogP contribution in [-0.4, -0.2) is 15.1 Å². The number of fused-ring (bicyclic) bond motifs is 1. The molecule has 6 heteroatoms. The maximum atomic E-state index is 6.16. The van der Waals surface area contributed by atoms with Crippen molar-refractivity contribution in [2.75, 3.05) is 5.75 Å². The van der Waals surface area contributed by atoms with Gasteiger partial charge in [-0.15, -0.1) is 0 Å². The Balaban J connectivity index is 1.71. The molecule has 2 N–H and O–H groups in total. The van der Waals surface area contributed by atoms with Gasteiger partial charge in [-0.1, -0.05) is 30.0 Å². The van der Waals surface area contributed by atoms with E-state index in [1.807, 2.05) is 37.3 Å². The topological polar surface area (TPSA) is 64.9 Å². The number of aromatic nitrogens is 2. The Labute approximate surface area is 119 Å². The molecule has 0 fully saturated rings. The van der Waals surface area contributed by atoms with Crippen molar-refractivity contribution in [3.8, 4) is 0 Å². The van der Waals surface area contributed by atoms with E-state index in [1.54, 1.807) is 11.8 Å². The zero-order valence-corrected chi connectivity index (χ0v) is 12.0. The fourth-order valence-corrected chi connectivity index (χ4v) is 3.40. The molecule has 0 bridgehead atoms. The van der Waals surface area contributed by atoms with E-state index in [2.05, 4.69) is 9.36 Å². The number of hydrogen-bond acceptors (Lipinski definition) is 6. The van der Waals surface area contributed by atoms with Crippen molar-refractivity contribution in [2.24, 2.45) is 5.73 Å². The Morgan fingerprint density at radius 1 is 1.42 bits per heavy atom. The van der Waals surface area contributed by atoms with Gasteiger partial charge in [0.2, 0.25) is 0 Å². The largest absolute Gasteiger partial charge is 0.459 e. The molecule has 2 heterocycles. The molecule has 1 unspecified atom stereocenters. The first-order chi connectivity index (χ1) is 9.22. The molecule has 0 aliphatic rings. The number of thioether (sulfide) groups is 1. The Kier molecular flexibility index (Phi) is 3.54. The molecular weight excluding hydrogens is 278 g/mol. The highest BCUT2D eigenvalue weighted by Gasteiger charge is 2.13. The average molecular weight is 291 g/mol. The minimum atomic E-state index is -0.137. The number of nitrogens with zero attached hydrogens (tertiary/aromatic N) is 2. The number of aryl methyl sites for hydroxylation is 1. The second-order valence-corrected chi connectivity index (χ2v) is 6.23. The van der Waals surface area contributed by atoms with Crippen LogP contribution in [-0.2, 0) is 0 Å². The van der Waals surface area contributed by atoms with E-state index < -0.39 is 0 Å². The van der Waals surface area contributed by atoms with Gasteiger partial charge in [-0.05, 0) is 30.6 Å². The van der Waals surface area contributed by atoms with Gasteiger partial charge in [0.05, 0.1) is 6.04 Å². The molecule has 0 amide bonds. The monoisotopic (exact) mass is 291 g/mol. The van der Waals surface area contributed by atoms with Crippen molar-refractivity contribution in [1.29, 1.82) is 0 Å². The number of para-hydroxylation sites is 1. The molecule has 0 saturated carbocycles. The summed E-state index contributed by atoms with van der Waals surface area (Å²) in [5, 5.41) is 1.09. The summed E-state index contributed by atoms with van der Waals surface area (Å²) in [6.45, 7) is 1.89. The first kappa shape index (κ1) is 12.7. The van der Waals surface area contributed by atoms with Gasteiger partial charge in [0.25, 0.3) is 0 Å².